The Morgan fingerprint density at radius 3 is 2.90 bits per heavy atom. The van der Waals surface area contributed by atoms with Gasteiger partial charge in [0.2, 0.25) is 0 Å². The third kappa shape index (κ3) is 2.26. The van der Waals surface area contributed by atoms with Crippen LogP contribution in [-0.4, -0.2) is 23.4 Å². The number of fused-ring (bicyclic) bond motifs is 1. The summed E-state index contributed by atoms with van der Waals surface area (Å²) < 4.78 is 22.2. The lowest BCUT2D eigenvalue weighted by Gasteiger charge is -2.18. The molecule has 0 bridgehead atoms. The van der Waals surface area contributed by atoms with E-state index >= 15 is 4.39 Å². The first-order valence-corrected chi connectivity index (χ1v) is 7.24. The van der Waals surface area contributed by atoms with Crippen molar-refractivity contribution in [3.63, 3.8) is 0 Å². The van der Waals surface area contributed by atoms with Gasteiger partial charge < -0.3 is 10.1 Å². The summed E-state index contributed by atoms with van der Waals surface area (Å²) >= 11 is 0. The number of anilines is 1. The van der Waals surface area contributed by atoms with Crippen molar-refractivity contribution in [2.45, 2.75) is 32.5 Å². The Balaban J connectivity index is 2.09. The summed E-state index contributed by atoms with van der Waals surface area (Å²) in [5.41, 5.74) is 3.23. The topological polar surface area (TPSA) is 39.1 Å². The molecule has 1 unspecified atom stereocenters. The maximum atomic E-state index is 15.2. The Bertz CT molecular complexity index is 651. The van der Waals surface area contributed by atoms with Crippen molar-refractivity contribution in [2.75, 3.05) is 19.0 Å². The summed E-state index contributed by atoms with van der Waals surface area (Å²) in [6.07, 6.45) is 1.26. The predicted molar refractivity (Wildman–Crippen MR) is 80.8 cm³/mol. The molecule has 0 amide bonds. The number of methoxy groups -OCH3 is 1. The molecule has 112 valence electrons. The van der Waals surface area contributed by atoms with E-state index in [4.69, 9.17) is 4.74 Å². The molecule has 0 saturated carbocycles. The normalized spacial score (nSPS) is 14.9. The van der Waals surface area contributed by atoms with E-state index in [0.29, 0.717) is 17.0 Å². The molecule has 0 fully saturated rings. The number of benzene rings is 1. The third-order valence-corrected chi connectivity index (χ3v) is 3.90. The van der Waals surface area contributed by atoms with Gasteiger partial charge in [-0.05, 0) is 25.8 Å². The molecule has 1 aliphatic rings. The number of hydrogen-bond donors (Lipinski definition) is 1. The Morgan fingerprint density at radius 2 is 2.19 bits per heavy atom. The van der Waals surface area contributed by atoms with Crippen LogP contribution < -0.4 is 10.1 Å². The summed E-state index contributed by atoms with van der Waals surface area (Å²) in [6, 6.07) is 5.87. The van der Waals surface area contributed by atoms with Crippen LogP contribution >= 0.6 is 0 Å². The molecule has 0 spiro atoms. The zero-order valence-corrected chi connectivity index (χ0v) is 12.6. The van der Waals surface area contributed by atoms with Gasteiger partial charge in [-0.1, -0.05) is 18.2 Å². The molecule has 2 aromatic rings. The molecule has 4 nitrogen and oxygen atoms in total. The van der Waals surface area contributed by atoms with Crippen LogP contribution in [0.5, 0.6) is 5.75 Å². The van der Waals surface area contributed by atoms with Gasteiger partial charge in [-0.15, -0.1) is 0 Å². The fourth-order valence-corrected chi connectivity index (χ4v) is 2.89. The second kappa shape index (κ2) is 5.39. The van der Waals surface area contributed by atoms with Crippen molar-refractivity contribution >= 4 is 5.69 Å². The summed E-state index contributed by atoms with van der Waals surface area (Å²) in [5, 5.41) is 7.55. The van der Waals surface area contributed by atoms with Crippen LogP contribution in [0, 0.1) is 0 Å². The van der Waals surface area contributed by atoms with Gasteiger partial charge in [0, 0.05) is 23.8 Å². The molecule has 1 aromatic heterocycles. The number of nitrogens with zero attached hydrogens (tertiary/aromatic N) is 2. The average Bonchev–Trinajstić information content (AvgIpc) is 3.11. The molecule has 1 N–H and O–H groups in total. The van der Waals surface area contributed by atoms with E-state index in [9.17, 15) is 0 Å². The molecule has 0 aliphatic carbocycles. The number of hydrogen-bond acceptors (Lipinski definition) is 3. The number of para-hydroxylation sites is 1. The highest BCUT2D eigenvalue weighted by atomic mass is 19.1. The lowest BCUT2D eigenvalue weighted by Crippen LogP contribution is -2.12. The van der Waals surface area contributed by atoms with E-state index in [1.165, 1.54) is 5.56 Å². The van der Waals surface area contributed by atoms with Crippen LogP contribution in [-0.2, 0) is 6.42 Å². The third-order valence-electron chi connectivity index (χ3n) is 3.90. The lowest BCUT2D eigenvalue weighted by atomic mass is 10.0. The van der Waals surface area contributed by atoms with Crippen LogP contribution in [0.2, 0.25) is 0 Å². The standard InChI is InChI=1S/C16H20FN3O/c1-10(2)20-16(13(21-3)9-19-20)14(17)12-6-4-5-11-7-8-18-15(11)12/h4-6,9-10,14,18H,7-8H2,1-3H3. The van der Waals surface area contributed by atoms with Gasteiger partial charge >= 0.3 is 0 Å². The SMILES string of the molecule is COc1cnn(C(C)C)c1C(F)c1cccc2c1NCC2. The largest absolute Gasteiger partial charge is 0.493 e. The zero-order chi connectivity index (χ0) is 15.0. The Morgan fingerprint density at radius 1 is 1.38 bits per heavy atom. The van der Waals surface area contributed by atoms with Crippen molar-refractivity contribution in [3.8, 4) is 5.75 Å². The number of nitrogens with one attached hydrogen (secondary N) is 1. The van der Waals surface area contributed by atoms with Crippen LogP contribution in [0.15, 0.2) is 24.4 Å². The highest BCUT2D eigenvalue weighted by Gasteiger charge is 2.28. The first-order valence-electron chi connectivity index (χ1n) is 7.24. The maximum absolute atomic E-state index is 15.2. The number of halogens is 1. The summed E-state index contributed by atoms with van der Waals surface area (Å²) in [4.78, 5) is 0. The second-order valence-corrected chi connectivity index (χ2v) is 5.56. The van der Waals surface area contributed by atoms with E-state index in [0.717, 1.165) is 18.7 Å². The quantitative estimate of drug-likeness (QED) is 0.936. The lowest BCUT2D eigenvalue weighted by molar-refractivity contribution is 0.337. The van der Waals surface area contributed by atoms with E-state index in [1.54, 1.807) is 18.0 Å². The second-order valence-electron chi connectivity index (χ2n) is 5.56. The van der Waals surface area contributed by atoms with Gasteiger partial charge in [-0.3, -0.25) is 4.68 Å². The maximum Gasteiger partial charge on any atom is 0.172 e. The molecule has 1 aromatic carbocycles. The number of ether oxygens (including phenoxy) is 1. The van der Waals surface area contributed by atoms with Gasteiger partial charge in [-0.25, -0.2) is 4.39 Å². The average molecular weight is 289 g/mol. The molecule has 1 atom stereocenters. The van der Waals surface area contributed by atoms with Gasteiger partial charge in [-0.2, -0.15) is 5.10 Å². The first kappa shape index (κ1) is 13.9. The fourth-order valence-electron chi connectivity index (χ4n) is 2.89. The first-order chi connectivity index (χ1) is 10.1. The molecule has 0 radical (unpaired) electrons. The highest BCUT2D eigenvalue weighted by molar-refractivity contribution is 5.63. The van der Waals surface area contributed by atoms with E-state index in [-0.39, 0.29) is 6.04 Å². The highest BCUT2D eigenvalue weighted by Crippen LogP contribution is 2.40. The van der Waals surface area contributed by atoms with Crippen LogP contribution in [0.1, 0.15) is 42.9 Å². The number of aromatic nitrogens is 2. The molecule has 1 aliphatic heterocycles. The molecular formula is C16H20FN3O. The summed E-state index contributed by atoms with van der Waals surface area (Å²) in [7, 11) is 1.55. The molecule has 21 heavy (non-hydrogen) atoms. The zero-order valence-electron chi connectivity index (χ0n) is 12.6. The minimum Gasteiger partial charge on any atom is -0.493 e. The van der Waals surface area contributed by atoms with E-state index in [1.807, 2.05) is 32.0 Å². The van der Waals surface area contributed by atoms with Gasteiger partial charge in [0.05, 0.1) is 13.3 Å². The van der Waals surface area contributed by atoms with Crippen molar-refractivity contribution in [1.29, 1.82) is 0 Å². The molecule has 2 heterocycles. The van der Waals surface area contributed by atoms with Crippen molar-refractivity contribution < 1.29 is 9.13 Å². The molecule has 0 saturated heterocycles. The van der Waals surface area contributed by atoms with E-state index < -0.39 is 6.17 Å². The summed E-state index contributed by atoms with van der Waals surface area (Å²) in [6.45, 7) is 4.83. The predicted octanol–water partition coefficient (Wildman–Crippen LogP) is 3.50. The van der Waals surface area contributed by atoms with Gasteiger partial charge in [0.25, 0.3) is 0 Å². The monoisotopic (exact) mass is 289 g/mol. The number of rotatable bonds is 4. The van der Waals surface area contributed by atoms with Gasteiger partial charge in [0.1, 0.15) is 5.69 Å². The van der Waals surface area contributed by atoms with E-state index in [2.05, 4.69) is 10.4 Å². The van der Waals surface area contributed by atoms with Crippen LogP contribution in [0.25, 0.3) is 0 Å². The Hall–Kier alpha value is -2.04. The molecular weight excluding hydrogens is 269 g/mol. The Labute approximate surface area is 123 Å². The Kier molecular flexibility index (Phi) is 3.57. The minimum atomic E-state index is -1.26. The van der Waals surface area contributed by atoms with Crippen LogP contribution in [0.4, 0.5) is 10.1 Å². The fraction of sp³-hybridized carbons (Fsp3) is 0.438. The van der Waals surface area contributed by atoms with Crippen molar-refractivity contribution in [2.24, 2.45) is 0 Å². The minimum absolute atomic E-state index is 0.0758. The van der Waals surface area contributed by atoms with Gasteiger partial charge in [0.15, 0.2) is 11.9 Å². The smallest absolute Gasteiger partial charge is 0.172 e. The summed E-state index contributed by atoms with van der Waals surface area (Å²) in [5.74, 6) is 0.492. The molecule has 5 heteroatoms. The van der Waals surface area contributed by atoms with Crippen LogP contribution in [0.3, 0.4) is 0 Å². The van der Waals surface area contributed by atoms with Crippen molar-refractivity contribution in [1.82, 2.24) is 9.78 Å². The number of alkyl halides is 1. The van der Waals surface area contributed by atoms with Crippen molar-refractivity contribution in [3.05, 3.63) is 41.2 Å². The molecule has 3 rings (SSSR count).